The van der Waals surface area contributed by atoms with Gasteiger partial charge in [-0.05, 0) is 17.7 Å². The zero-order valence-corrected chi connectivity index (χ0v) is 6.44. The molecule has 1 aliphatic heterocycles. The molecule has 2 rings (SSSR count). The molecule has 2 unspecified atom stereocenters. The number of fused-ring (bicyclic) bond motifs is 1. The minimum absolute atomic E-state index is 0.220. The van der Waals surface area contributed by atoms with Gasteiger partial charge < -0.3 is 10.5 Å². The topological polar surface area (TPSA) is 52.3 Å². The molecule has 0 aromatic heterocycles. The van der Waals surface area contributed by atoms with Crippen LogP contribution in [0.1, 0.15) is 0 Å². The van der Waals surface area contributed by atoms with E-state index in [9.17, 15) is 4.79 Å². The highest BCUT2D eigenvalue weighted by Gasteiger charge is 2.26. The van der Waals surface area contributed by atoms with Crippen LogP contribution in [-0.4, -0.2) is 18.1 Å². The highest BCUT2D eigenvalue weighted by molar-refractivity contribution is 5.80. The van der Waals surface area contributed by atoms with Crippen LogP contribution in [0.15, 0.2) is 36.0 Å². The van der Waals surface area contributed by atoms with E-state index < -0.39 is 6.04 Å². The summed E-state index contributed by atoms with van der Waals surface area (Å²) in [6.07, 6.45) is 8.99. The lowest BCUT2D eigenvalue weighted by atomic mass is 10.00. The smallest absolute Gasteiger partial charge is 0.327 e. The lowest BCUT2D eigenvalue weighted by Gasteiger charge is -2.24. The minimum Gasteiger partial charge on any atom is -0.452 e. The molecule has 2 aliphatic rings. The van der Waals surface area contributed by atoms with Gasteiger partial charge in [0.1, 0.15) is 12.1 Å². The molecule has 0 aromatic carbocycles. The Morgan fingerprint density at radius 1 is 1.42 bits per heavy atom. The largest absolute Gasteiger partial charge is 0.452 e. The molecule has 62 valence electrons. The van der Waals surface area contributed by atoms with Crippen molar-refractivity contribution in [1.82, 2.24) is 0 Å². The van der Waals surface area contributed by atoms with Crippen molar-refractivity contribution in [3.8, 4) is 0 Å². The molecule has 3 nitrogen and oxygen atoms in total. The lowest BCUT2D eigenvalue weighted by Crippen LogP contribution is -2.38. The van der Waals surface area contributed by atoms with Gasteiger partial charge in [0.25, 0.3) is 0 Å². The SMILES string of the molecule is NC1C=C2C=CC=CC2OC1=O. The summed E-state index contributed by atoms with van der Waals surface area (Å²) in [5, 5.41) is 0. The van der Waals surface area contributed by atoms with Crippen LogP contribution in [0.4, 0.5) is 0 Å². The van der Waals surface area contributed by atoms with Gasteiger partial charge in [-0.2, -0.15) is 0 Å². The third-order valence-electron chi connectivity index (χ3n) is 1.90. The number of carbonyl (C=O) groups excluding carboxylic acids is 1. The van der Waals surface area contributed by atoms with Gasteiger partial charge in [-0.15, -0.1) is 0 Å². The van der Waals surface area contributed by atoms with Gasteiger partial charge in [-0.3, -0.25) is 0 Å². The van der Waals surface area contributed by atoms with E-state index in [-0.39, 0.29) is 12.1 Å². The zero-order chi connectivity index (χ0) is 8.55. The normalized spacial score (nSPS) is 32.4. The fraction of sp³-hybridized carbons (Fsp3) is 0.222. The van der Waals surface area contributed by atoms with E-state index in [2.05, 4.69) is 0 Å². The molecule has 2 N–H and O–H groups in total. The molecule has 0 spiro atoms. The lowest BCUT2D eigenvalue weighted by molar-refractivity contribution is -0.146. The molecule has 1 heterocycles. The fourth-order valence-corrected chi connectivity index (χ4v) is 1.27. The van der Waals surface area contributed by atoms with Gasteiger partial charge in [0.05, 0.1) is 0 Å². The second-order valence-corrected chi connectivity index (χ2v) is 2.79. The quantitative estimate of drug-likeness (QED) is 0.522. The summed E-state index contributed by atoms with van der Waals surface area (Å²) in [7, 11) is 0. The van der Waals surface area contributed by atoms with Crippen LogP contribution in [-0.2, 0) is 9.53 Å². The van der Waals surface area contributed by atoms with Crippen molar-refractivity contribution in [2.75, 3.05) is 0 Å². The summed E-state index contributed by atoms with van der Waals surface area (Å²) >= 11 is 0. The number of nitrogens with two attached hydrogens (primary N) is 1. The van der Waals surface area contributed by atoms with E-state index >= 15 is 0 Å². The first-order valence-electron chi connectivity index (χ1n) is 3.80. The van der Waals surface area contributed by atoms with Gasteiger partial charge in [0, 0.05) is 0 Å². The number of esters is 1. The first-order chi connectivity index (χ1) is 5.77. The van der Waals surface area contributed by atoms with Crippen LogP contribution < -0.4 is 5.73 Å². The van der Waals surface area contributed by atoms with Crippen molar-refractivity contribution in [2.24, 2.45) is 5.73 Å². The highest BCUT2D eigenvalue weighted by atomic mass is 16.5. The Labute approximate surface area is 70.2 Å². The van der Waals surface area contributed by atoms with Crippen molar-refractivity contribution in [2.45, 2.75) is 12.1 Å². The average Bonchev–Trinajstić information content (AvgIpc) is 2.07. The molecule has 1 aliphatic carbocycles. The Balaban J connectivity index is 2.33. The monoisotopic (exact) mass is 163 g/mol. The van der Waals surface area contributed by atoms with Gasteiger partial charge in [-0.1, -0.05) is 18.2 Å². The molecule has 0 bridgehead atoms. The maximum atomic E-state index is 11.0. The van der Waals surface area contributed by atoms with Crippen molar-refractivity contribution >= 4 is 5.97 Å². The molecule has 0 saturated carbocycles. The van der Waals surface area contributed by atoms with Crippen molar-refractivity contribution in [1.29, 1.82) is 0 Å². The van der Waals surface area contributed by atoms with Gasteiger partial charge >= 0.3 is 5.97 Å². The predicted octanol–water partition coefficient (Wildman–Crippen LogP) is 0.292. The third-order valence-corrected chi connectivity index (χ3v) is 1.90. The van der Waals surface area contributed by atoms with E-state index in [4.69, 9.17) is 10.5 Å². The summed E-state index contributed by atoms with van der Waals surface area (Å²) in [6.45, 7) is 0. The highest BCUT2D eigenvalue weighted by Crippen LogP contribution is 2.20. The maximum Gasteiger partial charge on any atom is 0.327 e. The Morgan fingerprint density at radius 2 is 2.25 bits per heavy atom. The van der Waals surface area contributed by atoms with Gasteiger partial charge in [-0.25, -0.2) is 4.79 Å². The maximum absolute atomic E-state index is 11.0. The zero-order valence-electron chi connectivity index (χ0n) is 6.44. The van der Waals surface area contributed by atoms with Crippen LogP contribution in [0.3, 0.4) is 0 Å². The number of carbonyl (C=O) groups is 1. The molecule has 2 atom stereocenters. The molecular weight excluding hydrogens is 154 g/mol. The van der Waals surface area contributed by atoms with Crippen LogP contribution in [0.5, 0.6) is 0 Å². The molecule has 0 aromatic rings. The van der Waals surface area contributed by atoms with E-state index in [1.54, 1.807) is 6.08 Å². The number of allylic oxidation sites excluding steroid dienone is 2. The Hall–Kier alpha value is -1.35. The number of rotatable bonds is 0. The minimum atomic E-state index is -0.604. The molecule has 12 heavy (non-hydrogen) atoms. The first-order valence-corrected chi connectivity index (χ1v) is 3.80. The van der Waals surface area contributed by atoms with Crippen LogP contribution in [0.25, 0.3) is 0 Å². The molecule has 0 fully saturated rings. The Kier molecular flexibility index (Phi) is 1.59. The van der Waals surface area contributed by atoms with Gasteiger partial charge in [0.15, 0.2) is 0 Å². The molecule has 0 radical (unpaired) electrons. The van der Waals surface area contributed by atoms with Crippen molar-refractivity contribution < 1.29 is 9.53 Å². The summed E-state index contributed by atoms with van der Waals surface area (Å²) in [4.78, 5) is 11.0. The second-order valence-electron chi connectivity index (χ2n) is 2.79. The molecule has 0 saturated heterocycles. The number of hydrogen-bond donors (Lipinski definition) is 1. The number of ether oxygens (including phenoxy) is 1. The van der Waals surface area contributed by atoms with Crippen molar-refractivity contribution in [3.05, 3.63) is 36.0 Å². The van der Waals surface area contributed by atoms with Crippen LogP contribution in [0, 0.1) is 0 Å². The second kappa shape index (κ2) is 2.60. The van der Waals surface area contributed by atoms with Gasteiger partial charge in [0.2, 0.25) is 0 Å². The fourth-order valence-electron chi connectivity index (χ4n) is 1.27. The summed E-state index contributed by atoms with van der Waals surface area (Å²) in [5.41, 5.74) is 6.44. The number of hydrogen-bond acceptors (Lipinski definition) is 3. The van der Waals surface area contributed by atoms with E-state index in [1.807, 2.05) is 24.3 Å². The average molecular weight is 163 g/mol. The predicted molar refractivity (Wildman–Crippen MR) is 44.2 cm³/mol. The summed E-state index contributed by atoms with van der Waals surface area (Å²) in [5.74, 6) is -0.358. The van der Waals surface area contributed by atoms with E-state index in [0.717, 1.165) is 5.57 Å². The summed E-state index contributed by atoms with van der Waals surface area (Å²) < 4.78 is 5.03. The molecular formula is C9H9NO2. The van der Waals surface area contributed by atoms with E-state index in [0.29, 0.717) is 0 Å². The third kappa shape index (κ3) is 1.08. The summed E-state index contributed by atoms with van der Waals surface area (Å²) in [6, 6.07) is -0.604. The Morgan fingerprint density at radius 3 is 3.08 bits per heavy atom. The van der Waals surface area contributed by atoms with Crippen molar-refractivity contribution in [3.63, 3.8) is 0 Å². The standard InChI is InChI=1S/C9H9NO2/c10-7-5-6-3-1-2-4-8(6)12-9(7)11/h1-5,7-8H,10H2. The van der Waals surface area contributed by atoms with E-state index in [1.165, 1.54) is 0 Å². The van der Waals surface area contributed by atoms with Crippen LogP contribution in [0.2, 0.25) is 0 Å². The Bertz CT molecular complexity index is 302. The molecule has 3 heteroatoms. The first kappa shape index (κ1) is 7.31. The van der Waals surface area contributed by atoms with Crippen LogP contribution >= 0.6 is 0 Å². The molecule has 0 amide bonds.